The van der Waals surface area contributed by atoms with Crippen molar-refractivity contribution in [2.75, 3.05) is 0 Å². The highest BCUT2D eigenvalue weighted by Gasteiger charge is 2.37. The number of alkyl halides is 3. The average Bonchev–Trinajstić information content (AvgIpc) is 2.01. The summed E-state index contributed by atoms with van der Waals surface area (Å²) in [4.78, 5) is 0. The lowest BCUT2D eigenvalue weighted by Gasteiger charge is -2.12. The average molecular weight is 204 g/mol. The normalized spacial score (nSPS) is 11.4. The predicted octanol–water partition coefficient (Wildman–Crippen LogP) is 1.70. The molecule has 0 aliphatic carbocycles. The van der Waals surface area contributed by atoms with Crippen LogP contribution in [0.3, 0.4) is 0 Å². The second-order valence-electron chi connectivity index (χ2n) is 2.61. The lowest BCUT2D eigenvalue weighted by Crippen LogP contribution is -2.18. The number of halogens is 3. The van der Waals surface area contributed by atoms with Crippen LogP contribution in [-0.4, -0.2) is 10.9 Å². The van der Waals surface area contributed by atoms with Gasteiger partial charge in [0, 0.05) is 5.56 Å². The number of hydrogen-bond donors (Lipinski definition) is 3. The van der Waals surface area contributed by atoms with Gasteiger partial charge in [0.25, 0.3) is 0 Å². The highest BCUT2D eigenvalue weighted by molar-refractivity contribution is 5.97. The molecule has 0 aliphatic heterocycles. The first kappa shape index (κ1) is 10.4. The molecule has 0 aromatic heterocycles. The molecule has 0 heterocycles. The van der Waals surface area contributed by atoms with E-state index in [2.05, 4.69) is 0 Å². The Morgan fingerprint density at radius 2 is 1.93 bits per heavy atom. The van der Waals surface area contributed by atoms with E-state index in [0.29, 0.717) is 0 Å². The van der Waals surface area contributed by atoms with Gasteiger partial charge in [-0.25, -0.2) is 0 Å². The zero-order valence-electron chi connectivity index (χ0n) is 6.89. The van der Waals surface area contributed by atoms with E-state index in [4.69, 9.17) is 16.2 Å². The van der Waals surface area contributed by atoms with E-state index < -0.39 is 28.9 Å². The van der Waals surface area contributed by atoms with Gasteiger partial charge in [0.1, 0.15) is 17.1 Å². The summed E-state index contributed by atoms with van der Waals surface area (Å²) in [5.41, 5.74) is 3.17. The van der Waals surface area contributed by atoms with Crippen molar-refractivity contribution >= 4 is 5.84 Å². The minimum Gasteiger partial charge on any atom is -0.507 e. The standard InChI is InChI=1S/C8H7F3N2O/c9-8(10,11)6-4(7(12)13)2-1-3-5(6)14/h1-3,14H,(H3,12,13). The quantitative estimate of drug-likeness (QED) is 0.481. The maximum absolute atomic E-state index is 12.4. The third-order valence-electron chi connectivity index (χ3n) is 1.62. The van der Waals surface area contributed by atoms with Crippen LogP contribution in [0.5, 0.6) is 5.75 Å². The van der Waals surface area contributed by atoms with E-state index in [1.165, 1.54) is 6.07 Å². The third kappa shape index (κ3) is 1.78. The van der Waals surface area contributed by atoms with E-state index in [1.807, 2.05) is 0 Å². The summed E-state index contributed by atoms with van der Waals surface area (Å²) in [7, 11) is 0. The topological polar surface area (TPSA) is 70.1 Å². The van der Waals surface area contributed by atoms with E-state index >= 15 is 0 Å². The van der Waals surface area contributed by atoms with Gasteiger partial charge in [0.15, 0.2) is 0 Å². The Balaban J connectivity index is 3.45. The number of phenolic OH excluding ortho intramolecular Hbond substituents is 1. The van der Waals surface area contributed by atoms with Crippen LogP contribution in [0.25, 0.3) is 0 Å². The molecule has 14 heavy (non-hydrogen) atoms. The molecule has 0 aliphatic rings. The molecular weight excluding hydrogens is 197 g/mol. The first-order chi connectivity index (χ1) is 6.34. The molecule has 76 valence electrons. The molecule has 6 heteroatoms. The second-order valence-corrected chi connectivity index (χ2v) is 2.61. The minimum absolute atomic E-state index is 0.516. The first-order valence-electron chi connectivity index (χ1n) is 3.57. The lowest BCUT2D eigenvalue weighted by molar-refractivity contribution is -0.138. The Kier molecular flexibility index (Phi) is 2.37. The van der Waals surface area contributed by atoms with Crippen LogP contribution >= 0.6 is 0 Å². The van der Waals surface area contributed by atoms with Crippen molar-refractivity contribution in [2.24, 2.45) is 5.73 Å². The summed E-state index contributed by atoms with van der Waals surface area (Å²) >= 11 is 0. The van der Waals surface area contributed by atoms with Crippen molar-refractivity contribution in [3.63, 3.8) is 0 Å². The van der Waals surface area contributed by atoms with Crippen LogP contribution in [0.4, 0.5) is 13.2 Å². The van der Waals surface area contributed by atoms with Crippen LogP contribution in [0.2, 0.25) is 0 Å². The number of aromatic hydroxyl groups is 1. The van der Waals surface area contributed by atoms with Crippen LogP contribution in [0.15, 0.2) is 18.2 Å². The monoisotopic (exact) mass is 204 g/mol. The molecule has 4 N–H and O–H groups in total. The fourth-order valence-corrected chi connectivity index (χ4v) is 1.06. The number of nitrogen functional groups attached to an aromatic ring is 1. The molecule has 1 aromatic carbocycles. The van der Waals surface area contributed by atoms with Gasteiger partial charge in [-0.2, -0.15) is 13.2 Å². The molecule has 1 rings (SSSR count). The van der Waals surface area contributed by atoms with Crippen molar-refractivity contribution in [1.29, 1.82) is 5.41 Å². The van der Waals surface area contributed by atoms with Crippen molar-refractivity contribution < 1.29 is 18.3 Å². The number of nitrogens with one attached hydrogen (secondary N) is 1. The van der Waals surface area contributed by atoms with Crippen LogP contribution < -0.4 is 5.73 Å². The number of hydrogen-bond acceptors (Lipinski definition) is 2. The van der Waals surface area contributed by atoms with Gasteiger partial charge in [-0.1, -0.05) is 12.1 Å². The minimum atomic E-state index is -4.72. The number of rotatable bonds is 1. The van der Waals surface area contributed by atoms with Crippen molar-refractivity contribution in [2.45, 2.75) is 6.18 Å². The molecular formula is C8H7F3N2O. The van der Waals surface area contributed by atoms with Gasteiger partial charge < -0.3 is 10.8 Å². The fourth-order valence-electron chi connectivity index (χ4n) is 1.06. The smallest absolute Gasteiger partial charge is 0.420 e. The SMILES string of the molecule is N=C(N)c1cccc(O)c1C(F)(F)F. The van der Waals surface area contributed by atoms with E-state index in [0.717, 1.165) is 12.1 Å². The van der Waals surface area contributed by atoms with Gasteiger partial charge in [0.05, 0.1) is 0 Å². The molecule has 0 saturated heterocycles. The molecule has 0 bridgehead atoms. The molecule has 3 nitrogen and oxygen atoms in total. The number of nitrogens with two attached hydrogens (primary N) is 1. The lowest BCUT2D eigenvalue weighted by atomic mass is 10.1. The summed E-state index contributed by atoms with van der Waals surface area (Å²) < 4.78 is 37.1. The number of phenols is 1. The summed E-state index contributed by atoms with van der Waals surface area (Å²) in [5.74, 6) is -1.65. The Morgan fingerprint density at radius 1 is 1.36 bits per heavy atom. The number of benzene rings is 1. The molecule has 1 aromatic rings. The Labute approximate surface area is 77.5 Å². The van der Waals surface area contributed by atoms with Gasteiger partial charge in [-0.15, -0.1) is 0 Å². The zero-order valence-corrected chi connectivity index (χ0v) is 6.89. The Hall–Kier alpha value is -1.72. The summed E-state index contributed by atoms with van der Waals surface area (Å²) in [6.45, 7) is 0. The summed E-state index contributed by atoms with van der Waals surface area (Å²) in [6.07, 6.45) is -4.72. The van der Waals surface area contributed by atoms with Crippen molar-refractivity contribution in [3.8, 4) is 5.75 Å². The largest absolute Gasteiger partial charge is 0.507 e. The van der Waals surface area contributed by atoms with Gasteiger partial charge >= 0.3 is 6.18 Å². The van der Waals surface area contributed by atoms with Crippen LogP contribution in [0.1, 0.15) is 11.1 Å². The highest BCUT2D eigenvalue weighted by atomic mass is 19.4. The molecule has 0 radical (unpaired) electrons. The molecule has 0 spiro atoms. The molecule has 0 unspecified atom stereocenters. The van der Waals surface area contributed by atoms with Gasteiger partial charge in [-0.05, 0) is 6.07 Å². The van der Waals surface area contributed by atoms with E-state index in [1.54, 1.807) is 0 Å². The Bertz CT molecular complexity index is 373. The molecule has 0 saturated carbocycles. The second kappa shape index (κ2) is 3.21. The van der Waals surface area contributed by atoms with Crippen LogP contribution in [0, 0.1) is 5.41 Å². The first-order valence-corrected chi connectivity index (χ1v) is 3.57. The maximum Gasteiger partial charge on any atom is 0.420 e. The fraction of sp³-hybridized carbons (Fsp3) is 0.125. The van der Waals surface area contributed by atoms with Crippen molar-refractivity contribution in [1.82, 2.24) is 0 Å². The van der Waals surface area contributed by atoms with E-state index in [-0.39, 0.29) is 0 Å². The number of amidine groups is 1. The maximum atomic E-state index is 12.4. The van der Waals surface area contributed by atoms with Gasteiger partial charge in [0.2, 0.25) is 0 Å². The van der Waals surface area contributed by atoms with Crippen LogP contribution in [-0.2, 0) is 6.18 Å². The Morgan fingerprint density at radius 3 is 2.29 bits per heavy atom. The summed E-state index contributed by atoms with van der Waals surface area (Å²) in [6, 6.07) is 3.13. The van der Waals surface area contributed by atoms with Crippen molar-refractivity contribution in [3.05, 3.63) is 29.3 Å². The highest BCUT2D eigenvalue weighted by Crippen LogP contribution is 2.37. The third-order valence-corrected chi connectivity index (χ3v) is 1.62. The predicted molar refractivity (Wildman–Crippen MR) is 44.1 cm³/mol. The summed E-state index contributed by atoms with van der Waals surface area (Å²) in [5, 5.41) is 15.9. The van der Waals surface area contributed by atoms with Gasteiger partial charge in [-0.3, -0.25) is 5.41 Å². The van der Waals surface area contributed by atoms with E-state index in [9.17, 15) is 13.2 Å². The molecule has 0 fully saturated rings. The molecule has 0 atom stereocenters. The zero-order chi connectivity index (χ0) is 10.9. The molecule has 0 amide bonds.